The highest BCUT2D eigenvalue weighted by molar-refractivity contribution is 5.85. The van der Waals surface area contributed by atoms with E-state index in [1.54, 1.807) is 9.58 Å². The quantitative estimate of drug-likeness (QED) is 0.843. The highest BCUT2D eigenvalue weighted by atomic mass is 16.5. The van der Waals surface area contributed by atoms with Crippen LogP contribution in [-0.2, 0) is 11.8 Å². The average molecular weight is 274 g/mol. The highest BCUT2D eigenvalue weighted by Gasteiger charge is 2.22. The molecule has 1 amide bonds. The van der Waals surface area contributed by atoms with Crippen molar-refractivity contribution in [1.82, 2.24) is 19.7 Å². The van der Waals surface area contributed by atoms with E-state index >= 15 is 0 Å². The van der Waals surface area contributed by atoms with Crippen molar-refractivity contribution in [3.05, 3.63) is 17.3 Å². The van der Waals surface area contributed by atoms with Gasteiger partial charge in [-0.05, 0) is 31.9 Å². The van der Waals surface area contributed by atoms with Crippen LogP contribution in [0.25, 0.3) is 11.0 Å². The smallest absolute Gasteiger partial charge is 0.260 e. The van der Waals surface area contributed by atoms with Crippen molar-refractivity contribution >= 4 is 16.9 Å². The van der Waals surface area contributed by atoms with E-state index < -0.39 is 0 Å². The standard InChI is InChI=1S/C14H18N4O2/c1-9-7-10(2)15-13-12(9)14(16-17(13)3)20-8-11(19)18-5-4-6-18/h7H,4-6,8H2,1-3H3. The van der Waals surface area contributed by atoms with Crippen LogP contribution in [0, 0.1) is 13.8 Å². The Morgan fingerprint density at radius 2 is 2.15 bits per heavy atom. The lowest BCUT2D eigenvalue weighted by Gasteiger charge is -2.30. The number of nitrogens with zero attached hydrogens (tertiary/aromatic N) is 4. The summed E-state index contributed by atoms with van der Waals surface area (Å²) in [5.41, 5.74) is 2.79. The molecule has 106 valence electrons. The van der Waals surface area contributed by atoms with Gasteiger partial charge in [0.2, 0.25) is 5.88 Å². The third-order valence-electron chi connectivity index (χ3n) is 3.63. The van der Waals surface area contributed by atoms with Gasteiger partial charge in [0, 0.05) is 25.8 Å². The molecule has 2 aromatic rings. The molecule has 1 fully saturated rings. The van der Waals surface area contributed by atoms with Gasteiger partial charge in [0.15, 0.2) is 12.3 Å². The van der Waals surface area contributed by atoms with Gasteiger partial charge >= 0.3 is 0 Å². The Kier molecular flexibility index (Phi) is 3.08. The zero-order valence-electron chi connectivity index (χ0n) is 12.0. The van der Waals surface area contributed by atoms with Crippen molar-refractivity contribution in [2.75, 3.05) is 19.7 Å². The van der Waals surface area contributed by atoms with Gasteiger partial charge in [0.1, 0.15) is 0 Å². The monoisotopic (exact) mass is 274 g/mol. The topological polar surface area (TPSA) is 60.2 Å². The second kappa shape index (κ2) is 4.77. The fraction of sp³-hybridized carbons (Fsp3) is 0.500. The van der Waals surface area contributed by atoms with Gasteiger partial charge in [-0.15, -0.1) is 5.10 Å². The van der Waals surface area contributed by atoms with E-state index in [9.17, 15) is 4.79 Å². The van der Waals surface area contributed by atoms with Crippen molar-refractivity contribution in [2.45, 2.75) is 20.3 Å². The number of carbonyl (C=O) groups excluding carboxylic acids is 1. The Balaban J connectivity index is 1.86. The number of likely N-dealkylation sites (tertiary alicyclic amines) is 1. The third-order valence-corrected chi connectivity index (χ3v) is 3.63. The second-order valence-electron chi connectivity index (χ2n) is 5.23. The Morgan fingerprint density at radius 3 is 2.80 bits per heavy atom. The molecule has 0 bridgehead atoms. The van der Waals surface area contributed by atoms with Crippen molar-refractivity contribution < 1.29 is 9.53 Å². The van der Waals surface area contributed by atoms with E-state index in [0.29, 0.717) is 5.88 Å². The molecule has 3 heterocycles. The summed E-state index contributed by atoms with van der Waals surface area (Å²) in [6, 6.07) is 1.99. The summed E-state index contributed by atoms with van der Waals surface area (Å²) in [6.45, 7) is 5.67. The summed E-state index contributed by atoms with van der Waals surface area (Å²) in [4.78, 5) is 18.1. The number of aromatic nitrogens is 3. The minimum Gasteiger partial charge on any atom is -0.466 e. The molecule has 0 N–H and O–H groups in total. The molecule has 1 aliphatic rings. The van der Waals surface area contributed by atoms with Crippen LogP contribution >= 0.6 is 0 Å². The maximum Gasteiger partial charge on any atom is 0.260 e. The van der Waals surface area contributed by atoms with Gasteiger partial charge in [-0.25, -0.2) is 9.67 Å². The van der Waals surface area contributed by atoms with E-state index in [1.165, 1.54) is 0 Å². The molecule has 2 aromatic heterocycles. The number of pyridine rings is 1. The van der Waals surface area contributed by atoms with Gasteiger partial charge in [-0.1, -0.05) is 0 Å². The molecular formula is C14H18N4O2. The van der Waals surface area contributed by atoms with Gasteiger partial charge in [0.25, 0.3) is 5.91 Å². The fourth-order valence-corrected chi connectivity index (χ4v) is 2.44. The Morgan fingerprint density at radius 1 is 1.40 bits per heavy atom. The van der Waals surface area contributed by atoms with Crippen LogP contribution in [-0.4, -0.2) is 45.3 Å². The number of ether oxygens (including phenoxy) is 1. The summed E-state index contributed by atoms with van der Waals surface area (Å²) < 4.78 is 7.31. The van der Waals surface area contributed by atoms with Crippen LogP contribution in [0.1, 0.15) is 17.7 Å². The summed E-state index contributed by atoms with van der Waals surface area (Å²) in [7, 11) is 1.83. The molecular weight excluding hydrogens is 256 g/mol. The van der Waals surface area contributed by atoms with Gasteiger partial charge in [0.05, 0.1) is 5.39 Å². The van der Waals surface area contributed by atoms with Gasteiger partial charge < -0.3 is 9.64 Å². The first kappa shape index (κ1) is 12.9. The molecule has 0 aromatic carbocycles. The predicted molar refractivity (Wildman–Crippen MR) is 74.7 cm³/mol. The SMILES string of the molecule is Cc1cc(C)c2c(OCC(=O)N3CCC3)nn(C)c2n1. The van der Waals surface area contributed by atoms with E-state index in [4.69, 9.17) is 4.74 Å². The average Bonchev–Trinajstić information content (AvgIpc) is 2.62. The lowest BCUT2D eigenvalue weighted by atomic mass is 10.2. The first-order valence-corrected chi connectivity index (χ1v) is 6.78. The normalized spacial score (nSPS) is 14.4. The van der Waals surface area contributed by atoms with E-state index in [1.807, 2.05) is 27.0 Å². The number of hydrogen-bond acceptors (Lipinski definition) is 4. The number of carbonyl (C=O) groups is 1. The molecule has 6 nitrogen and oxygen atoms in total. The first-order valence-electron chi connectivity index (χ1n) is 6.78. The first-order chi connectivity index (χ1) is 9.56. The Bertz CT molecular complexity index is 673. The van der Waals surface area contributed by atoms with Crippen molar-refractivity contribution in [3.63, 3.8) is 0 Å². The van der Waals surface area contributed by atoms with Gasteiger partial charge in [-0.2, -0.15) is 0 Å². The fourth-order valence-electron chi connectivity index (χ4n) is 2.44. The predicted octanol–water partition coefficient (Wildman–Crippen LogP) is 1.20. The maximum absolute atomic E-state index is 11.8. The summed E-state index contributed by atoms with van der Waals surface area (Å²) in [5, 5.41) is 5.21. The minimum absolute atomic E-state index is 0.0211. The number of rotatable bonds is 3. The maximum atomic E-state index is 11.8. The van der Waals surface area contributed by atoms with Crippen LogP contribution in [0.5, 0.6) is 5.88 Å². The lowest BCUT2D eigenvalue weighted by molar-refractivity contribution is -0.136. The van der Waals surface area contributed by atoms with Crippen molar-refractivity contribution in [3.8, 4) is 5.88 Å². The van der Waals surface area contributed by atoms with Crippen LogP contribution in [0.3, 0.4) is 0 Å². The molecule has 0 spiro atoms. The zero-order valence-corrected chi connectivity index (χ0v) is 12.0. The van der Waals surface area contributed by atoms with E-state index in [0.717, 1.165) is 41.8 Å². The number of aryl methyl sites for hydroxylation is 3. The summed E-state index contributed by atoms with van der Waals surface area (Å²) in [6.07, 6.45) is 1.08. The van der Waals surface area contributed by atoms with Crippen molar-refractivity contribution in [1.29, 1.82) is 0 Å². The molecule has 0 aliphatic carbocycles. The molecule has 0 radical (unpaired) electrons. The molecule has 20 heavy (non-hydrogen) atoms. The Hall–Kier alpha value is -2.11. The van der Waals surface area contributed by atoms with Crippen LogP contribution < -0.4 is 4.74 Å². The summed E-state index contributed by atoms with van der Waals surface area (Å²) >= 11 is 0. The highest BCUT2D eigenvalue weighted by Crippen LogP contribution is 2.27. The van der Waals surface area contributed by atoms with Crippen molar-refractivity contribution in [2.24, 2.45) is 7.05 Å². The van der Waals surface area contributed by atoms with E-state index in [2.05, 4.69) is 10.1 Å². The molecule has 0 atom stereocenters. The largest absolute Gasteiger partial charge is 0.466 e. The molecule has 0 unspecified atom stereocenters. The molecule has 1 saturated heterocycles. The molecule has 1 aliphatic heterocycles. The third kappa shape index (κ3) is 2.11. The Labute approximate surface area is 117 Å². The second-order valence-corrected chi connectivity index (χ2v) is 5.23. The number of hydrogen-bond donors (Lipinski definition) is 0. The minimum atomic E-state index is 0.0211. The molecule has 0 saturated carbocycles. The van der Waals surface area contributed by atoms with Crippen LogP contribution in [0.15, 0.2) is 6.07 Å². The van der Waals surface area contributed by atoms with E-state index in [-0.39, 0.29) is 12.5 Å². The number of fused-ring (bicyclic) bond motifs is 1. The summed E-state index contributed by atoms with van der Waals surface area (Å²) in [5.74, 6) is 0.508. The molecule has 6 heteroatoms. The van der Waals surface area contributed by atoms with Crippen LogP contribution in [0.4, 0.5) is 0 Å². The lowest BCUT2D eigenvalue weighted by Crippen LogP contribution is -2.44. The zero-order chi connectivity index (χ0) is 14.3. The van der Waals surface area contributed by atoms with Crippen LogP contribution in [0.2, 0.25) is 0 Å². The number of amides is 1. The molecule has 3 rings (SSSR count). The van der Waals surface area contributed by atoms with Gasteiger partial charge in [-0.3, -0.25) is 4.79 Å².